The van der Waals surface area contributed by atoms with Crippen molar-refractivity contribution in [3.8, 4) is 0 Å². The van der Waals surface area contributed by atoms with Crippen molar-refractivity contribution in [3.63, 3.8) is 0 Å². The average molecular weight is 463 g/mol. The Morgan fingerprint density at radius 1 is 1.23 bits per heavy atom. The van der Waals surface area contributed by atoms with E-state index in [1.54, 1.807) is 0 Å². The minimum absolute atomic E-state index is 0.0187. The van der Waals surface area contributed by atoms with E-state index in [0.29, 0.717) is 13.0 Å². The number of rotatable bonds is 4. The molecule has 2 aliphatic rings. The maximum Gasteiger partial charge on any atom is 0.264 e. The molecule has 2 aliphatic heterocycles. The fraction of sp³-hybridized carbons (Fsp3) is 0.381. The van der Waals surface area contributed by atoms with E-state index < -0.39 is 5.60 Å². The minimum Gasteiger partial charge on any atom is -0.396 e. The predicted octanol–water partition coefficient (Wildman–Crippen LogP) is 3.84. The van der Waals surface area contributed by atoms with Crippen LogP contribution in [0.25, 0.3) is 0 Å². The quantitative estimate of drug-likeness (QED) is 0.702. The van der Waals surface area contributed by atoms with Gasteiger partial charge >= 0.3 is 0 Å². The van der Waals surface area contributed by atoms with Crippen molar-refractivity contribution in [1.82, 2.24) is 0 Å². The number of anilines is 1. The van der Waals surface area contributed by atoms with Gasteiger partial charge in [0.25, 0.3) is 5.91 Å². The van der Waals surface area contributed by atoms with Crippen LogP contribution in [0.15, 0.2) is 48.5 Å². The Bertz CT molecular complexity index is 822. The lowest BCUT2D eigenvalue weighted by molar-refractivity contribution is -0.146. The van der Waals surface area contributed by atoms with Crippen molar-refractivity contribution in [1.29, 1.82) is 0 Å². The first-order valence-corrected chi connectivity index (χ1v) is 10.1. The number of benzene rings is 2. The van der Waals surface area contributed by atoms with Crippen LogP contribution in [0.3, 0.4) is 0 Å². The van der Waals surface area contributed by atoms with Gasteiger partial charge in [-0.15, -0.1) is 0 Å². The molecule has 1 fully saturated rings. The van der Waals surface area contributed by atoms with Crippen LogP contribution in [0.5, 0.6) is 0 Å². The van der Waals surface area contributed by atoms with Crippen LogP contribution in [0.2, 0.25) is 0 Å². The second-order valence-electron chi connectivity index (χ2n) is 7.16. The van der Waals surface area contributed by atoms with Gasteiger partial charge in [-0.2, -0.15) is 0 Å². The number of carbonyl (C=O) groups is 1. The van der Waals surface area contributed by atoms with Crippen molar-refractivity contribution in [2.45, 2.75) is 38.0 Å². The number of para-hydroxylation sites is 1. The molecule has 0 aromatic heterocycles. The number of amides is 1. The Hall–Kier alpha value is -1.44. The zero-order valence-corrected chi connectivity index (χ0v) is 16.8. The summed E-state index contributed by atoms with van der Waals surface area (Å²) in [5.41, 5.74) is 2.08. The molecule has 0 aliphatic carbocycles. The summed E-state index contributed by atoms with van der Waals surface area (Å²) in [6.07, 6.45) is 1.28. The molecule has 4 nitrogen and oxygen atoms in total. The third-order valence-electron chi connectivity index (χ3n) is 5.53. The van der Waals surface area contributed by atoms with Gasteiger partial charge in [-0.25, -0.2) is 0 Å². The normalized spacial score (nSPS) is 27.3. The van der Waals surface area contributed by atoms with Crippen LogP contribution in [-0.4, -0.2) is 23.7 Å². The smallest absolute Gasteiger partial charge is 0.264 e. The van der Waals surface area contributed by atoms with Gasteiger partial charge in [0.15, 0.2) is 5.60 Å². The number of fused-ring (bicyclic) bond motifs is 2. The Kier molecular flexibility index (Phi) is 4.79. The summed E-state index contributed by atoms with van der Waals surface area (Å²) in [7, 11) is 0. The second kappa shape index (κ2) is 6.94. The summed E-state index contributed by atoms with van der Waals surface area (Å²) in [5, 5.41) is 9.30. The SMILES string of the molecule is C[C@H]1C[C@@H](CCO)O[C@]12C(=O)N(Cc1ccc(I)cc1)c1ccccc12. The number of halogens is 1. The Morgan fingerprint density at radius 2 is 1.96 bits per heavy atom. The first-order valence-electron chi connectivity index (χ1n) is 9.01. The molecule has 26 heavy (non-hydrogen) atoms. The molecule has 136 valence electrons. The van der Waals surface area contributed by atoms with Gasteiger partial charge in [0.1, 0.15) is 0 Å². The summed E-state index contributed by atoms with van der Waals surface area (Å²) in [4.78, 5) is 15.4. The number of aliphatic hydroxyl groups excluding tert-OH is 1. The number of aliphatic hydroxyl groups is 1. The number of hydrogen-bond donors (Lipinski definition) is 1. The lowest BCUT2D eigenvalue weighted by Gasteiger charge is -2.28. The summed E-state index contributed by atoms with van der Waals surface area (Å²) < 4.78 is 7.51. The van der Waals surface area contributed by atoms with Gasteiger partial charge in [-0.05, 0) is 59.2 Å². The van der Waals surface area contributed by atoms with Crippen LogP contribution in [0, 0.1) is 9.49 Å². The van der Waals surface area contributed by atoms with E-state index in [1.165, 1.54) is 3.57 Å². The summed E-state index contributed by atoms with van der Waals surface area (Å²) in [6.45, 7) is 2.70. The standard InChI is InChI=1S/C21H22INO3/c1-14-12-17(10-11-24)26-21(14)18-4-2-3-5-19(18)23(20(21)25)13-15-6-8-16(22)9-7-15/h2-9,14,17,24H,10-13H2,1H3/t14-,17+,21+/m0/s1. The zero-order chi connectivity index (χ0) is 18.3. The van der Waals surface area contributed by atoms with Gasteiger partial charge in [-0.1, -0.05) is 37.3 Å². The number of ether oxygens (including phenoxy) is 1. The highest BCUT2D eigenvalue weighted by Crippen LogP contribution is 2.53. The lowest BCUT2D eigenvalue weighted by atomic mass is 9.83. The third kappa shape index (κ3) is 2.77. The highest BCUT2D eigenvalue weighted by Gasteiger charge is 2.59. The van der Waals surface area contributed by atoms with Gasteiger partial charge < -0.3 is 14.7 Å². The molecule has 0 saturated carbocycles. The van der Waals surface area contributed by atoms with E-state index in [1.807, 2.05) is 29.2 Å². The molecule has 1 amide bonds. The highest BCUT2D eigenvalue weighted by molar-refractivity contribution is 14.1. The molecule has 1 spiro atoms. The Labute approximate surface area is 167 Å². The topological polar surface area (TPSA) is 49.8 Å². The molecule has 1 saturated heterocycles. The van der Waals surface area contributed by atoms with Gasteiger partial charge in [0.05, 0.1) is 18.3 Å². The monoisotopic (exact) mass is 463 g/mol. The molecule has 4 rings (SSSR count). The van der Waals surface area contributed by atoms with Crippen molar-refractivity contribution < 1.29 is 14.6 Å². The van der Waals surface area contributed by atoms with Gasteiger partial charge in [-0.3, -0.25) is 4.79 Å². The molecule has 1 N–H and O–H groups in total. The number of carbonyl (C=O) groups excluding carboxylic acids is 1. The van der Waals surface area contributed by atoms with Crippen molar-refractivity contribution >= 4 is 34.2 Å². The Morgan fingerprint density at radius 3 is 2.69 bits per heavy atom. The summed E-state index contributed by atoms with van der Waals surface area (Å²) >= 11 is 2.28. The van der Waals surface area contributed by atoms with Gasteiger partial charge in [0, 0.05) is 21.7 Å². The molecule has 3 atom stereocenters. The summed E-state index contributed by atoms with van der Waals surface area (Å²) in [5.74, 6) is 0.0969. The first kappa shape index (κ1) is 17.9. The molecular formula is C21H22INO3. The fourth-order valence-electron chi connectivity index (χ4n) is 4.28. The maximum absolute atomic E-state index is 13.6. The number of hydrogen-bond acceptors (Lipinski definition) is 3. The predicted molar refractivity (Wildman–Crippen MR) is 109 cm³/mol. The van der Waals surface area contributed by atoms with Crippen molar-refractivity contribution in [3.05, 3.63) is 63.2 Å². The molecule has 2 aromatic carbocycles. The minimum atomic E-state index is -0.917. The van der Waals surface area contributed by atoms with Crippen LogP contribution in [0.1, 0.15) is 30.9 Å². The van der Waals surface area contributed by atoms with Crippen LogP contribution in [0.4, 0.5) is 5.69 Å². The van der Waals surface area contributed by atoms with E-state index in [2.05, 4.69) is 53.8 Å². The van der Waals surface area contributed by atoms with Crippen LogP contribution in [-0.2, 0) is 21.7 Å². The van der Waals surface area contributed by atoms with Crippen LogP contribution < -0.4 is 4.90 Å². The molecule has 2 heterocycles. The van der Waals surface area contributed by atoms with Crippen molar-refractivity contribution in [2.75, 3.05) is 11.5 Å². The summed E-state index contributed by atoms with van der Waals surface area (Å²) in [6, 6.07) is 16.2. The van der Waals surface area contributed by atoms with Gasteiger partial charge in [0.2, 0.25) is 0 Å². The molecular weight excluding hydrogens is 441 g/mol. The molecule has 0 unspecified atom stereocenters. The van der Waals surface area contributed by atoms with E-state index >= 15 is 0 Å². The molecule has 5 heteroatoms. The average Bonchev–Trinajstić information content (AvgIpc) is 3.08. The van der Waals surface area contributed by atoms with Crippen molar-refractivity contribution in [2.24, 2.45) is 5.92 Å². The van der Waals surface area contributed by atoms with E-state index in [-0.39, 0.29) is 24.5 Å². The lowest BCUT2D eigenvalue weighted by Crippen LogP contribution is -2.43. The molecule has 0 bridgehead atoms. The van der Waals surface area contributed by atoms with E-state index in [9.17, 15) is 9.90 Å². The fourth-order valence-corrected chi connectivity index (χ4v) is 4.64. The third-order valence-corrected chi connectivity index (χ3v) is 6.25. The maximum atomic E-state index is 13.6. The largest absolute Gasteiger partial charge is 0.396 e. The second-order valence-corrected chi connectivity index (χ2v) is 8.41. The number of nitrogens with zero attached hydrogens (tertiary/aromatic N) is 1. The highest BCUT2D eigenvalue weighted by atomic mass is 127. The Balaban J connectivity index is 1.72. The van der Waals surface area contributed by atoms with E-state index in [0.717, 1.165) is 23.2 Å². The first-order chi connectivity index (χ1) is 12.6. The molecule has 0 radical (unpaired) electrons. The molecule has 2 aromatic rings. The zero-order valence-electron chi connectivity index (χ0n) is 14.7. The van der Waals surface area contributed by atoms with Crippen LogP contribution >= 0.6 is 22.6 Å². The van der Waals surface area contributed by atoms with E-state index in [4.69, 9.17) is 4.74 Å².